The van der Waals surface area contributed by atoms with Crippen molar-refractivity contribution in [2.75, 3.05) is 23.3 Å². The van der Waals surface area contributed by atoms with Gasteiger partial charge in [0, 0.05) is 47.6 Å². The van der Waals surface area contributed by atoms with Gasteiger partial charge in [-0.2, -0.15) is 0 Å². The van der Waals surface area contributed by atoms with Gasteiger partial charge in [-0.15, -0.1) is 0 Å². The van der Waals surface area contributed by atoms with E-state index in [4.69, 9.17) is 16.6 Å². The van der Waals surface area contributed by atoms with Gasteiger partial charge in [-0.05, 0) is 99.4 Å². The molecule has 0 aliphatic carbocycles. The average molecular weight is 584 g/mol. The van der Waals surface area contributed by atoms with Crippen molar-refractivity contribution in [2.45, 2.75) is 83.8 Å². The highest BCUT2D eigenvalue weighted by Crippen LogP contribution is 2.42. The van der Waals surface area contributed by atoms with Gasteiger partial charge in [-0.3, -0.25) is 9.80 Å². The van der Waals surface area contributed by atoms with E-state index in [1.54, 1.807) is 0 Å². The van der Waals surface area contributed by atoms with Gasteiger partial charge in [-0.1, -0.05) is 55.8 Å². The number of anilines is 2. The highest BCUT2D eigenvalue weighted by Gasteiger charge is 2.41. The topological polar surface area (TPSA) is 53.4 Å². The van der Waals surface area contributed by atoms with Crippen LogP contribution in [0.25, 0.3) is 11.0 Å². The number of benzene rings is 3. The minimum atomic E-state index is -0.128. The molecule has 6 rings (SSSR count). The Labute approximate surface area is 254 Å². The summed E-state index contributed by atoms with van der Waals surface area (Å²) in [6, 6.07) is 24.1. The second-order valence-electron chi connectivity index (χ2n) is 12.4. The third-order valence-electron chi connectivity index (χ3n) is 9.34. The van der Waals surface area contributed by atoms with Gasteiger partial charge >= 0.3 is 6.03 Å². The van der Waals surface area contributed by atoms with Crippen molar-refractivity contribution in [1.29, 1.82) is 0 Å². The van der Waals surface area contributed by atoms with Crippen molar-refractivity contribution in [1.82, 2.24) is 14.5 Å². The lowest BCUT2D eigenvalue weighted by atomic mass is 9.96. The first-order valence-electron chi connectivity index (χ1n) is 15.4. The Morgan fingerprint density at radius 2 is 1.71 bits per heavy atom. The van der Waals surface area contributed by atoms with E-state index in [2.05, 4.69) is 72.0 Å². The number of carbonyl (C=O) groups excluding carboxylic acids is 1. The van der Waals surface area contributed by atoms with Crippen molar-refractivity contribution >= 4 is 40.0 Å². The number of aromatic nitrogens is 2. The van der Waals surface area contributed by atoms with E-state index in [0.29, 0.717) is 35.6 Å². The number of hydrogen-bond donors (Lipinski definition) is 1. The van der Waals surface area contributed by atoms with E-state index in [-0.39, 0.29) is 6.03 Å². The van der Waals surface area contributed by atoms with Gasteiger partial charge in [0.15, 0.2) is 0 Å². The van der Waals surface area contributed by atoms with Crippen LogP contribution in [-0.2, 0) is 0 Å². The van der Waals surface area contributed by atoms with Crippen molar-refractivity contribution in [3.05, 3.63) is 88.7 Å². The standard InChI is InChI=1S/C35H42ClN5O/c1-23(2)26-11-13-27(14-12-26)38-35(42)40(30-15-10-24(3)32(36)22-30)19-7-18-39-28-16-17-29(39)21-31(20-28)41-25(4)37-33-8-5-6-9-34(33)41/h5-6,8-15,22-23,28-29,31H,7,16-21H2,1-4H3,(H,38,42)/t28-,29-/m1/s1. The molecular formula is C35H42ClN5O. The van der Waals surface area contributed by atoms with Crippen LogP contribution in [0.4, 0.5) is 16.2 Å². The van der Waals surface area contributed by atoms with Crippen LogP contribution in [0, 0.1) is 13.8 Å². The summed E-state index contributed by atoms with van der Waals surface area (Å²) in [7, 11) is 0. The molecule has 1 N–H and O–H groups in total. The van der Waals surface area contributed by atoms with E-state index in [1.807, 2.05) is 42.2 Å². The molecule has 1 aromatic heterocycles. The zero-order chi connectivity index (χ0) is 29.4. The van der Waals surface area contributed by atoms with E-state index < -0.39 is 0 Å². The SMILES string of the molecule is Cc1ccc(N(CCCN2[C@@H]3CC[C@@H]2CC(n2c(C)nc4ccccc42)C3)C(=O)Nc2ccc(C(C)C)cc2)cc1Cl. The van der Waals surface area contributed by atoms with Crippen molar-refractivity contribution in [3.8, 4) is 0 Å². The van der Waals surface area contributed by atoms with Gasteiger partial charge in [0.05, 0.1) is 11.0 Å². The molecule has 3 heterocycles. The molecule has 220 valence electrons. The molecule has 42 heavy (non-hydrogen) atoms. The number of imidazole rings is 1. The maximum Gasteiger partial charge on any atom is 0.326 e. The first-order chi connectivity index (χ1) is 20.3. The Balaban J connectivity index is 1.13. The summed E-state index contributed by atoms with van der Waals surface area (Å²) in [5.41, 5.74) is 6.23. The number of carbonyl (C=O) groups is 1. The summed E-state index contributed by atoms with van der Waals surface area (Å²) in [6.07, 6.45) is 5.70. The molecule has 2 atom stereocenters. The number of amides is 2. The Morgan fingerprint density at radius 1 is 1.00 bits per heavy atom. The number of nitrogens with one attached hydrogen (secondary N) is 1. The minimum absolute atomic E-state index is 0.128. The summed E-state index contributed by atoms with van der Waals surface area (Å²) in [6.45, 7) is 10.1. The minimum Gasteiger partial charge on any atom is -0.325 e. The molecule has 0 spiro atoms. The zero-order valence-electron chi connectivity index (χ0n) is 25.2. The van der Waals surface area contributed by atoms with Crippen LogP contribution in [0.1, 0.15) is 74.9 Å². The quantitative estimate of drug-likeness (QED) is 0.226. The van der Waals surface area contributed by atoms with Crippen molar-refractivity contribution < 1.29 is 4.79 Å². The molecule has 7 heteroatoms. The molecule has 3 aromatic carbocycles. The number of para-hydroxylation sites is 2. The lowest BCUT2D eigenvalue weighted by Crippen LogP contribution is -2.45. The molecule has 2 fully saturated rings. The Morgan fingerprint density at radius 3 is 2.40 bits per heavy atom. The molecule has 4 aromatic rings. The molecule has 0 radical (unpaired) electrons. The molecule has 2 amide bonds. The number of piperidine rings is 1. The Bertz CT molecular complexity index is 1550. The highest BCUT2D eigenvalue weighted by atomic mass is 35.5. The Hall–Kier alpha value is -3.35. The number of hydrogen-bond acceptors (Lipinski definition) is 3. The van der Waals surface area contributed by atoms with Gasteiger partial charge < -0.3 is 9.88 Å². The van der Waals surface area contributed by atoms with Crippen LogP contribution >= 0.6 is 11.6 Å². The summed E-state index contributed by atoms with van der Waals surface area (Å²) in [5, 5.41) is 3.80. The van der Waals surface area contributed by atoms with E-state index in [0.717, 1.165) is 54.1 Å². The maximum atomic E-state index is 13.6. The van der Waals surface area contributed by atoms with E-state index in [1.165, 1.54) is 23.9 Å². The van der Waals surface area contributed by atoms with Gasteiger partial charge in [-0.25, -0.2) is 9.78 Å². The highest BCUT2D eigenvalue weighted by molar-refractivity contribution is 6.31. The third-order valence-corrected chi connectivity index (χ3v) is 9.74. The van der Waals surface area contributed by atoms with Crippen LogP contribution in [0.2, 0.25) is 5.02 Å². The van der Waals surface area contributed by atoms with Crippen LogP contribution in [-0.4, -0.2) is 45.7 Å². The van der Waals surface area contributed by atoms with Crippen LogP contribution < -0.4 is 10.2 Å². The summed E-state index contributed by atoms with van der Waals surface area (Å²) < 4.78 is 2.49. The fourth-order valence-electron chi connectivity index (χ4n) is 7.10. The number of aryl methyl sites for hydroxylation is 2. The number of urea groups is 1. The second kappa shape index (κ2) is 12.1. The van der Waals surface area contributed by atoms with Crippen LogP contribution in [0.3, 0.4) is 0 Å². The van der Waals surface area contributed by atoms with Crippen molar-refractivity contribution in [3.63, 3.8) is 0 Å². The fraction of sp³-hybridized carbons (Fsp3) is 0.429. The summed E-state index contributed by atoms with van der Waals surface area (Å²) in [5.74, 6) is 1.57. The van der Waals surface area contributed by atoms with Crippen molar-refractivity contribution in [2.24, 2.45) is 0 Å². The smallest absolute Gasteiger partial charge is 0.325 e. The number of fused-ring (bicyclic) bond motifs is 3. The molecular weight excluding hydrogens is 542 g/mol. The second-order valence-corrected chi connectivity index (χ2v) is 12.8. The normalized spacial score (nSPS) is 20.4. The van der Waals surface area contributed by atoms with Gasteiger partial charge in [0.2, 0.25) is 0 Å². The van der Waals surface area contributed by atoms with Crippen LogP contribution in [0.5, 0.6) is 0 Å². The molecule has 2 aliphatic heterocycles. The molecule has 2 aliphatic rings. The molecule has 0 unspecified atom stereocenters. The number of nitrogens with zero attached hydrogens (tertiary/aromatic N) is 4. The Kier molecular flexibility index (Phi) is 8.28. The molecule has 0 saturated carbocycles. The predicted molar refractivity (Wildman–Crippen MR) is 174 cm³/mol. The largest absolute Gasteiger partial charge is 0.326 e. The lowest BCUT2D eigenvalue weighted by molar-refractivity contribution is 0.107. The average Bonchev–Trinajstić information content (AvgIpc) is 3.43. The maximum absolute atomic E-state index is 13.6. The third kappa shape index (κ3) is 5.80. The first-order valence-corrected chi connectivity index (χ1v) is 15.8. The van der Waals surface area contributed by atoms with E-state index >= 15 is 0 Å². The number of halogens is 1. The fourth-order valence-corrected chi connectivity index (χ4v) is 7.27. The van der Waals surface area contributed by atoms with E-state index in [9.17, 15) is 4.79 Å². The number of rotatable bonds is 8. The van der Waals surface area contributed by atoms with Gasteiger partial charge in [0.1, 0.15) is 5.82 Å². The molecule has 2 saturated heterocycles. The summed E-state index contributed by atoms with van der Waals surface area (Å²) >= 11 is 6.50. The zero-order valence-corrected chi connectivity index (χ0v) is 25.9. The molecule has 2 bridgehead atoms. The predicted octanol–water partition coefficient (Wildman–Crippen LogP) is 8.73. The monoisotopic (exact) mass is 583 g/mol. The summed E-state index contributed by atoms with van der Waals surface area (Å²) in [4.78, 5) is 23.0. The van der Waals surface area contributed by atoms with Gasteiger partial charge in [0.25, 0.3) is 0 Å². The first kappa shape index (κ1) is 28.8. The lowest BCUT2D eigenvalue weighted by Gasteiger charge is -2.40. The van der Waals surface area contributed by atoms with Crippen LogP contribution in [0.15, 0.2) is 66.7 Å². The molecule has 6 nitrogen and oxygen atoms in total.